The standard InChI is InChI=1S/C59H66FN11O7S/c1-37-53(79-36-65-37)39-18-16-38(17-19-39)33-64-57(76)48-31-42(72)35-71(48)58(77)54(59(2,3)4)68-50(73)14-9-7-6-8-10-15-51(74)70-28-26-69(27-29-70)47-30-40(43-34-62-24-22-41(43)32-61)20-21-45(47)67-56(75)46-23-25-63-55(66-46)52-44(60)12-11-13-49(52)78-5/h11-13,16-25,30,34,36,42,48,54,72H,6-10,14-15,26-29,31,33,35H2,1-5H3,(H,64,76)(H,67,75)(H,68,73)/t42-,48+,54-/m1/s1. The molecule has 18 nitrogen and oxygen atoms in total. The van der Waals surface area contributed by atoms with Crippen molar-refractivity contribution in [1.29, 1.82) is 5.26 Å². The van der Waals surface area contributed by atoms with Crippen LogP contribution in [0.3, 0.4) is 0 Å². The summed E-state index contributed by atoms with van der Waals surface area (Å²) in [5.41, 5.74) is 6.95. The highest BCUT2D eigenvalue weighted by Crippen LogP contribution is 2.36. The number of nitrogens with zero attached hydrogens (tertiary/aromatic N) is 8. The van der Waals surface area contributed by atoms with Crippen molar-refractivity contribution < 1.29 is 38.2 Å². The predicted octanol–water partition coefficient (Wildman–Crippen LogP) is 8.10. The van der Waals surface area contributed by atoms with Crippen LogP contribution in [0.25, 0.3) is 33.0 Å². The van der Waals surface area contributed by atoms with Gasteiger partial charge in [0.2, 0.25) is 23.6 Å². The van der Waals surface area contributed by atoms with E-state index in [1.54, 1.807) is 48.0 Å². The molecule has 0 spiro atoms. The number of hydrogen-bond donors (Lipinski definition) is 4. The zero-order chi connectivity index (χ0) is 56.2. The molecule has 2 aliphatic rings. The second-order valence-electron chi connectivity index (χ2n) is 20.9. The first kappa shape index (κ1) is 57.0. The van der Waals surface area contributed by atoms with Gasteiger partial charge in [-0.1, -0.05) is 76.4 Å². The molecule has 20 heteroatoms. The molecule has 6 aromatic rings. The van der Waals surface area contributed by atoms with Gasteiger partial charge in [-0.3, -0.25) is 29.0 Å². The zero-order valence-corrected chi connectivity index (χ0v) is 45.9. The van der Waals surface area contributed by atoms with Crippen LogP contribution in [-0.2, 0) is 25.7 Å². The van der Waals surface area contributed by atoms with Gasteiger partial charge in [0.15, 0.2) is 5.82 Å². The molecule has 0 saturated carbocycles. The van der Waals surface area contributed by atoms with Gasteiger partial charge in [-0.2, -0.15) is 5.26 Å². The van der Waals surface area contributed by atoms with Gasteiger partial charge in [-0.25, -0.2) is 19.3 Å². The van der Waals surface area contributed by atoms with Gasteiger partial charge in [0.25, 0.3) is 5.91 Å². The number of likely N-dealkylation sites (tertiary alicyclic amines) is 1. The van der Waals surface area contributed by atoms with Gasteiger partial charge in [0, 0.05) is 82.7 Å². The fraction of sp³-hybridized carbons (Fsp3) is 0.390. The number of unbranched alkanes of at least 4 members (excludes halogenated alkanes) is 4. The molecule has 8 rings (SSSR count). The Morgan fingerprint density at radius 1 is 0.911 bits per heavy atom. The Labute approximate surface area is 463 Å². The quantitative estimate of drug-likeness (QED) is 0.0530. The van der Waals surface area contributed by atoms with Crippen LogP contribution in [0.2, 0.25) is 0 Å². The van der Waals surface area contributed by atoms with Crippen LogP contribution >= 0.6 is 11.3 Å². The number of rotatable bonds is 20. The summed E-state index contributed by atoms with van der Waals surface area (Å²) in [4.78, 5) is 91.9. The number of thiazole rings is 1. The van der Waals surface area contributed by atoms with Gasteiger partial charge in [-0.05, 0) is 78.3 Å². The smallest absolute Gasteiger partial charge is 0.274 e. The number of piperazine rings is 1. The third-order valence-electron chi connectivity index (χ3n) is 14.3. The van der Waals surface area contributed by atoms with Gasteiger partial charge in [0.1, 0.15) is 29.3 Å². The Balaban J connectivity index is 0.793. The fourth-order valence-electron chi connectivity index (χ4n) is 9.93. The summed E-state index contributed by atoms with van der Waals surface area (Å²) in [5, 5.41) is 29.4. The summed E-state index contributed by atoms with van der Waals surface area (Å²) >= 11 is 1.57. The van der Waals surface area contributed by atoms with Crippen LogP contribution in [0.5, 0.6) is 5.75 Å². The minimum Gasteiger partial charge on any atom is -0.496 e. The summed E-state index contributed by atoms with van der Waals surface area (Å²) in [6.45, 7) is 9.59. The van der Waals surface area contributed by atoms with E-state index in [1.165, 1.54) is 36.4 Å². The maximum Gasteiger partial charge on any atom is 0.274 e. The number of ether oxygens (including phenoxy) is 1. The first-order chi connectivity index (χ1) is 38.0. The number of pyridine rings is 1. The minimum absolute atomic E-state index is 0.000627. The number of aryl methyl sites for hydroxylation is 1. The molecular formula is C59H66FN11O7S. The second kappa shape index (κ2) is 26.0. The molecule has 0 aliphatic carbocycles. The van der Waals surface area contributed by atoms with E-state index in [0.717, 1.165) is 41.0 Å². The number of aromatic nitrogens is 4. The number of anilines is 2. The molecule has 2 saturated heterocycles. The van der Waals surface area contributed by atoms with Gasteiger partial charge >= 0.3 is 0 Å². The van der Waals surface area contributed by atoms with E-state index in [1.807, 2.05) is 68.4 Å². The summed E-state index contributed by atoms with van der Waals surface area (Å²) < 4.78 is 20.3. The van der Waals surface area contributed by atoms with E-state index in [-0.39, 0.29) is 66.5 Å². The Kier molecular flexibility index (Phi) is 18.8. The molecule has 0 radical (unpaired) electrons. The number of amides is 5. The minimum atomic E-state index is -0.918. The molecule has 79 heavy (non-hydrogen) atoms. The number of aliphatic hydroxyl groups is 1. The van der Waals surface area contributed by atoms with Crippen molar-refractivity contribution in [2.75, 3.05) is 50.1 Å². The van der Waals surface area contributed by atoms with E-state index in [9.17, 15) is 38.7 Å². The molecule has 2 aliphatic heterocycles. The number of nitrogens with one attached hydrogen (secondary N) is 3. The van der Waals surface area contributed by atoms with Gasteiger partial charge in [0.05, 0.1) is 57.9 Å². The molecular weight excluding hydrogens is 1030 g/mol. The van der Waals surface area contributed by atoms with E-state index < -0.39 is 41.2 Å². The van der Waals surface area contributed by atoms with E-state index in [4.69, 9.17) is 4.74 Å². The van der Waals surface area contributed by atoms with Crippen molar-refractivity contribution in [2.45, 2.75) is 104 Å². The van der Waals surface area contributed by atoms with Gasteiger partial charge in [-0.15, -0.1) is 11.3 Å². The number of carbonyl (C=O) groups excluding carboxylic acids is 5. The molecule has 412 valence electrons. The number of methoxy groups -OCH3 is 1. The third kappa shape index (κ3) is 14.1. The molecule has 0 unspecified atom stereocenters. The van der Waals surface area contributed by atoms with Gasteiger partial charge < -0.3 is 40.5 Å². The number of β-amino-alcohol motifs (C(OH)–C–C–N with tert-alkyl or cyclic N) is 1. The Hall–Kier alpha value is -8.15. The van der Waals surface area contributed by atoms with Crippen molar-refractivity contribution in [3.05, 3.63) is 125 Å². The predicted molar refractivity (Wildman–Crippen MR) is 299 cm³/mol. The Morgan fingerprint density at radius 2 is 1.65 bits per heavy atom. The Bertz CT molecular complexity index is 3210. The third-order valence-corrected chi connectivity index (χ3v) is 15.3. The van der Waals surface area contributed by atoms with Crippen LogP contribution in [0, 0.1) is 29.5 Å². The van der Waals surface area contributed by atoms with Crippen molar-refractivity contribution in [3.63, 3.8) is 0 Å². The van der Waals surface area contributed by atoms with Crippen LogP contribution in [0.15, 0.2) is 96.9 Å². The Morgan fingerprint density at radius 3 is 2.35 bits per heavy atom. The van der Waals surface area contributed by atoms with Crippen molar-refractivity contribution in [3.8, 4) is 44.8 Å². The lowest BCUT2D eigenvalue weighted by Gasteiger charge is -2.37. The average molecular weight is 1090 g/mol. The largest absolute Gasteiger partial charge is 0.496 e. The number of hydrogen-bond acceptors (Lipinski definition) is 14. The van der Waals surface area contributed by atoms with Crippen molar-refractivity contribution in [1.82, 2.24) is 40.4 Å². The molecule has 3 aromatic carbocycles. The maximum atomic E-state index is 15.0. The number of carbonyl (C=O) groups is 5. The zero-order valence-electron chi connectivity index (χ0n) is 45.1. The fourth-order valence-corrected chi connectivity index (χ4v) is 10.7. The monoisotopic (exact) mass is 1090 g/mol. The number of benzene rings is 3. The molecule has 3 aromatic heterocycles. The molecule has 3 atom stereocenters. The lowest BCUT2D eigenvalue weighted by molar-refractivity contribution is -0.144. The molecule has 5 heterocycles. The van der Waals surface area contributed by atoms with Crippen LogP contribution in [0.4, 0.5) is 15.8 Å². The van der Waals surface area contributed by atoms with Crippen molar-refractivity contribution in [2.24, 2.45) is 5.41 Å². The highest BCUT2D eigenvalue weighted by atomic mass is 32.1. The highest BCUT2D eigenvalue weighted by molar-refractivity contribution is 7.13. The topological polar surface area (TPSA) is 236 Å². The maximum absolute atomic E-state index is 15.0. The van der Waals surface area contributed by atoms with Crippen LogP contribution < -0.4 is 25.6 Å². The lowest BCUT2D eigenvalue weighted by atomic mass is 9.85. The number of aliphatic hydroxyl groups excluding tert-OH is 1. The first-order valence-corrected chi connectivity index (χ1v) is 27.4. The first-order valence-electron chi connectivity index (χ1n) is 26.6. The number of nitriles is 1. The summed E-state index contributed by atoms with van der Waals surface area (Å²) in [7, 11) is 1.41. The second-order valence-corrected chi connectivity index (χ2v) is 21.7. The summed E-state index contributed by atoms with van der Waals surface area (Å²) in [5.74, 6) is -1.96. The highest BCUT2D eigenvalue weighted by Gasteiger charge is 2.44. The van der Waals surface area contributed by atoms with E-state index in [2.05, 4.69) is 46.9 Å². The lowest BCUT2D eigenvalue weighted by Crippen LogP contribution is -2.57. The molecule has 2 fully saturated rings. The summed E-state index contributed by atoms with van der Waals surface area (Å²) in [6, 6.07) is 21.1. The molecule has 5 amide bonds. The van der Waals surface area contributed by atoms with Crippen LogP contribution in [0.1, 0.15) is 99.4 Å². The van der Waals surface area contributed by atoms with E-state index in [0.29, 0.717) is 73.5 Å². The molecule has 0 bridgehead atoms. The average Bonchev–Trinajstić information content (AvgIpc) is 4.15. The molecule has 4 N–H and O–H groups in total. The normalized spacial score (nSPS) is 15.7. The SMILES string of the molecule is COc1cccc(F)c1-c1nccc(C(=O)Nc2ccc(-c3cnccc3C#N)cc2N2CCN(C(=O)CCCCCCCC(=O)N[C@H](C(=O)N3C[C@H](O)C[C@H]3C(=O)NCc3ccc(-c4scnc4C)cc3)C(C)(C)C)CC2)n1. The van der Waals surface area contributed by atoms with E-state index >= 15 is 0 Å². The van der Waals surface area contributed by atoms with Crippen molar-refractivity contribution >= 4 is 52.2 Å². The number of halogens is 1. The summed E-state index contributed by atoms with van der Waals surface area (Å²) in [6.07, 6.45) is 7.99. The van der Waals surface area contributed by atoms with Crippen LogP contribution in [-0.4, -0.2) is 122 Å².